The van der Waals surface area contributed by atoms with Crippen molar-refractivity contribution in [1.29, 1.82) is 0 Å². The van der Waals surface area contributed by atoms with Gasteiger partial charge in [-0.05, 0) is 78.7 Å². The van der Waals surface area contributed by atoms with Crippen LogP contribution >= 0.6 is 11.6 Å². The van der Waals surface area contributed by atoms with Gasteiger partial charge in [0, 0.05) is 22.6 Å². The van der Waals surface area contributed by atoms with Crippen molar-refractivity contribution in [2.45, 2.75) is 32.2 Å². The van der Waals surface area contributed by atoms with E-state index in [4.69, 9.17) is 35.6 Å². The van der Waals surface area contributed by atoms with Gasteiger partial charge in [-0.3, -0.25) is 0 Å². The average Bonchev–Trinajstić information content (AvgIpc) is 3.43. The Morgan fingerprint density at radius 3 is 2.51 bits per heavy atom. The first kappa shape index (κ1) is 25.1. The molecule has 0 unspecified atom stereocenters. The maximum atomic E-state index is 6.53. The smallest absolute Gasteiger partial charge is 0.214 e. The second-order valence-corrected chi connectivity index (χ2v) is 9.88. The van der Waals surface area contributed by atoms with Gasteiger partial charge in [0.05, 0.1) is 25.5 Å². The summed E-state index contributed by atoms with van der Waals surface area (Å²) in [6, 6.07) is 29.8. The van der Waals surface area contributed by atoms with Crippen LogP contribution < -0.4 is 18.9 Å². The van der Waals surface area contributed by atoms with E-state index in [1.807, 2.05) is 90.8 Å². The molecule has 4 aromatic rings. The number of ether oxygens (including phenoxy) is 4. The molecule has 7 heteroatoms. The van der Waals surface area contributed by atoms with Crippen LogP contribution in [-0.4, -0.2) is 24.4 Å². The van der Waals surface area contributed by atoms with Gasteiger partial charge in [0.1, 0.15) is 18.1 Å². The van der Waals surface area contributed by atoms with Gasteiger partial charge in [-0.25, -0.2) is 5.01 Å². The van der Waals surface area contributed by atoms with E-state index in [1.54, 1.807) is 7.11 Å². The van der Waals surface area contributed by atoms with E-state index in [1.165, 1.54) is 0 Å². The summed E-state index contributed by atoms with van der Waals surface area (Å²) in [7, 11) is 1.65. The van der Waals surface area contributed by atoms with Gasteiger partial charge in [0.15, 0.2) is 11.5 Å². The van der Waals surface area contributed by atoms with Crippen LogP contribution in [0.5, 0.6) is 23.0 Å². The first-order valence-electron chi connectivity index (χ1n) is 13.0. The largest absolute Gasteiger partial charge is 0.494 e. The molecule has 0 bridgehead atoms. The summed E-state index contributed by atoms with van der Waals surface area (Å²) in [5, 5.41) is 7.77. The van der Waals surface area contributed by atoms with Crippen molar-refractivity contribution in [3.63, 3.8) is 0 Å². The fourth-order valence-electron chi connectivity index (χ4n) is 5.06. The van der Waals surface area contributed by atoms with Crippen molar-refractivity contribution in [2.24, 2.45) is 5.10 Å². The molecule has 6 nitrogen and oxygen atoms in total. The maximum absolute atomic E-state index is 6.53. The Kier molecular flexibility index (Phi) is 7.03. The van der Waals surface area contributed by atoms with Crippen LogP contribution in [0.2, 0.25) is 5.02 Å². The number of hydrogen-bond acceptors (Lipinski definition) is 6. The number of halogens is 1. The fourth-order valence-corrected chi connectivity index (χ4v) is 5.24. The Balaban J connectivity index is 1.32. The van der Waals surface area contributed by atoms with Crippen LogP contribution in [0.4, 0.5) is 0 Å². The highest BCUT2D eigenvalue weighted by molar-refractivity contribution is 6.30. The third-order valence-electron chi connectivity index (χ3n) is 6.96. The molecule has 0 radical (unpaired) electrons. The summed E-state index contributed by atoms with van der Waals surface area (Å²) < 4.78 is 24.0. The standard InChI is InChI=1S/C32H29ClN2O4/c1-3-37-25-13-9-22(10-14-25)27-19-28-26-18-24(33)12-16-29(26)39-32(35(28)34-27)23-11-15-30(31(17-23)36-2)38-20-21-7-5-4-6-8-21/h4-18,28,32H,3,19-20H2,1-2H3/t28-,32-/m1/s1. The number of rotatable bonds is 8. The summed E-state index contributed by atoms with van der Waals surface area (Å²) in [4.78, 5) is 0. The van der Waals surface area contributed by atoms with Gasteiger partial charge < -0.3 is 18.9 Å². The molecule has 0 fully saturated rings. The average molecular weight is 541 g/mol. The highest BCUT2D eigenvalue weighted by Crippen LogP contribution is 2.49. The zero-order valence-corrected chi connectivity index (χ0v) is 22.6. The van der Waals surface area contributed by atoms with E-state index in [-0.39, 0.29) is 6.04 Å². The molecule has 0 amide bonds. The molecule has 0 spiro atoms. The Morgan fingerprint density at radius 1 is 0.923 bits per heavy atom. The van der Waals surface area contributed by atoms with Gasteiger partial charge >= 0.3 is 0 Å². The molecule has 2 aliphatic rings. The van der Waals surface area contributed by atoms with Crippen molar-refractivity contribution in [1.82, 2.24) is 5.01 Å². The number of nitrogens with zero attached hydrogens (tertiary/aromatic N) is 2. The third-order valence-corrected chi connectivity index (χ3v) is 7.20. The molecule has 0 saturated heterocycles. The van der Waals surface area contributed by atoms with E-state index in [0.29, 0.717) is 29.7 Å². The Hall–Kier alpha value is -4.16. The van der Waals surface area contributed by atoms with E-state index >= 15 is 0 Å². The Morgan fingerprint density at radius 2 is 1.74 bits per heavy atom. The van der Waals surface area contributed by atoms with Crippen LogP contribution in [0.15, 0.2) is 96.1 Å². The maximum Gasteiger partial charge on any atom is 0.214 e. The molecule has 0 aromatic heterocycles. The molecule has 2 aliphatic heterocycles. The SMILES string of the molecule is CCOc1ccc(C2=NN3[C@H](C2)c2cc(Cl)ccc2O[C@@H]3c2ccc(OCc3ccccc3)c(OC)c2)cc1. The molecule has 198 valence electrons. The molecular formula is C32H29ClN2O4. The van der Waals surface area contributed by atoms with E-state index < -0.39 is 6.23 Å². The second-order valence-electron chi connectivity index (χ2n) is 9.44. The lowest BCUT2D eigenvalue weighted by molar-refractivity contribution is -0.0191. The predicted octanol–water partition coefficient (Wildman–Crippen LogP) is 7.57. The zero-order valence-electron chi connectivity index (χ0n) is 21.8. The van der Waals surface area contributed by atoms with Crippen LogP contribution in [0.1, 0.15) is 47.9 Å². The van der Waals surface area contributed by atoms with Crippen molar-refractivity contribution >= 4 is 17.3 Å². The van der Waals surface area contributed by atoms with Crippen molar-refractivity contribution in [2.75, 3.05) is 13.7 Å². The summed E-state index contributed by atoms with van der Waals surface area (Å²) in [6.07, 6.45) is 0.289. The fraction of sp³-hybridized carbons (Fsp3) is 0.219. The van der Waals surface area contributed by atoms with Gasteiger partial charge in [-0.1, -0.05) is 41.9 Å². The molecule has 0 N–H and O–H groups in total. The van der Waals surface area contributed by atoms with Crippen molar-refractivity contribution in [3.05, 3.63) is 118 Å². The van der Waals surface area contributed by atoms with Crippen LogP contribution in [-0.2, 0) is 6.61 Å². The number of methoxy groups -OCH3 is 1. The quantitative estimate of drug-likeness (QED) is 0.231. The molecule has 0 aliphatic carbocycles. The predicted molar refractivity (Wildman–Crippen MR) is 152 cm³/mol. The summed E-state index contributed by atoms with van der Waals surface area (Å²) in [6.45, 7) is 3.06. The minimum Gasteiger partial charge on any atom is -0.494 e. The topological polar surface area (TPSA) is 52.5 Å². The zero-order chi connectivity index (χ0) is 26.8. The highest BCUT2D eigenvalue weighted by atomic mass is 35.5. The van der Waals surface area contributed by atoms with Gasteiger partial charge in [-0.15, -0.1) is 0 Å². The molecule has 0 saturated carbocycles. The molecule has 2 heterocycles. The van der Waals surface area contributed by atoms with Gasteiger partial charge in [0.25, 0.3) is 0 Å². The van der Waals surface area contributed by atoms with Crippen molar-refractivity contribution in [3.8, 4) is 23.0 Å². The Bertz CT molecular complexity index is 1490. The number of hydrogen-bond donors (Lipinski definition) is 0. The van der Waals surface area contributed by atoms with E-state index in [9.17, 15) is 0 Å². The summed E-state index contributed by atoms with van der Waals surface area (Å²) in [5.74, 6) is 2.96. The second kappa shape index (κ2) is 10.9. The van der Waals surface area contributed by atoms with Crippen LogP contribution in [0, 0.1) is 0 Å². The normalized spacial score (nSPS) is 17.5. The monoisotopic (exact) mass is 540 g/mol. The number of benzene rings is 4. The molecular weight excluding hydrogens is 512 g/mol. The van der Waals surface area contributed by atoms with Crippen molar-refractivity contribution < 1.29 is 18.9 Å². The van der Waals surface area contributed by atoms with E-state index in [2.05, 4.69) is 12.1 Å². The first-order valence-corrected chi connectivity index (χ1v) is 13.4. The van der Waals surface area contributed by atoms with Crippen LogP contribution in [0.3, 0.4) is 0 Å². The lowest BCUT2D eigenvalue weighted by Gasteiger charge is -2.38. The van der Waals surface area contributed by atoms with E-state index in [0.717, 1.165) is 45.9 Å². The lowest BCUT2D eigenvalue weighted by Crippen LogP contribution is -2.33. The minimum atomic E-state index is -0.444. The molecule has 6 rings (SSSR count). The Labute approximate surface area is 233 Å². The number of hydrazone groups is 1. The molecule has 2 atom stereocenters. The summed E-state index contributed by atoms with van der Waals surface area (Å²) in [5.41, 5.74) is 5.07. The third kappa shape index (κ3) is 5.12. The number of fused-ring (bicyclic) bond motifs is 3. The van der Waals surface area contributed by atoms with Crippen LogP contribution in [0.25, 0.3) is 0 Å². The minimum absolute atomic E-state index is 0.0148. The molecule has 4 aromatic carbocycles. The first-order chi connectivity index (χ1) is 19.1. The van der Waals surface area contributed by atoms with Gasteiger partial charge in [-0.2, -0.15) is 5.10 Å². The lowest BCUT2D eigenvalue weighted by atomic mass is 9.96. The van der Waals surface area contributed by atoms with Gasteiger partial charge in [0.2, 0.25) is 6.23 Å². The molecule has 39 heavy (non-hydrogen) atoms. The summed E-state index contributed by atoms with van der Waals surface area (Å²) >= 11 is 6.40. The highest BCUT2D eigenvalue weighted by Gasteiger charge is 2.41.